The van der Waals surface area contributed by atoms with Crippen LogP contribution in [-0.4, -0.2) is 48.6 Å². The fraction of sp³-hybridized carbons (Fsp3) is 0.500. The predicted molar refractivity (Wildman–Crippen MR) is 90.3 cm³/mol. The number of amides is 1. The highest BCUT2D eigenvalue weighted by Gasteiger charge is 2.25. The van der Waals surface area contributed by atoms with E-state index in [1.165, 1.54) is 0 Å². The van der Waals surface area contributed by atoms with Gasteiger partial charge in [-0.2, -0.15) is 0 Å². The molecule has 1 aromatic rings. The third-order valence-electron chi connectivity index (χ3n) is 3.86. The summed E-state index contributed by atoms with van der Waals surface area (Å²) in [5.41, 5.74) is 0.700. The van der Waals surface area contributed by atoms with E-state index in [4.69, 9.17) is 9.84 Å². The van der Waals surface area contributed by atoms with Gasteiger partial charge < -0.3 is 20.1 Å². The van der Waals surface area contributed by atoms with E-state index in [0.29, 0.717) is 30.9 Å². The monoisotopic (exact) mass is 342 g/mol. The van der Waals surface area contributed by atoms with Gasteiger partial charge in [0.15, 0.2) is 0 Å². The standard InChI is InChI=1S/C16H22N2O4.ClH/c1-22-14-6-2-5-13(10-14)17-15(19)7-9-18-8-3-4-12(11-18)16(20)21;/h2,5-6,10,12H,3-4,7-9,11H2,1H3,(H,17,19)(H,20,21);1H. The van der Waals surface area contributed by atoms with Gasteiger partial charge in [0.1, 0.15) is 5.75 Å². The number of carbonyl (C=O) groups is 2. The van der Waals surface area contributed by atoms with Gasteiger partial charge in [-0.15, -0.1) is 12.4 Å². The van der Waals surface area contributed by atoms with Crippen LogP contribution in [0.15, 0.2) is 24.3 Å². The zero-order chi connectivity index (χ0) is 15.9. The van der Waals surface area contributed by atoms with E-state index in [-0.39, 0.29) is 24.2 Å². The van der Waals surface area contributed by atoms with Gasteiger partial charge in [-0.1, -0.05) is 6.07 Å². The SMILES string of the molecule is COc1cccc(NC(=O)CCN2CCCC(C(=O)O)C2)c1.Cl. The van der Waals surface area contributed by atoms with E-state index >= 15 is 0 Å². The molecule has 1 fully saturated rings. The molecule has 7 heteroatoms. The second-order valence-corrected chi connectivity index (χ2v) is 5.51. The van der Waals surface area contributed by atoms with Gasteiger partial charge in [-0.25, -0.2) is 0 Å². The number of hydrogen-bond donors (Lipinski definition) is 2. The van der Waals surface area contributed by atoms with Crippen LogP contribution < -0.4 is 10.1 Å². The molecule has 0 spiro atoms. The van der Waals surface area contributed by atoms with Crippen molar-refractivity contribution < 1.29 is 19.4 Å². The van der Waals surface area contributed by atoms with Crippen molar-refractivity contribution in [2.45, 2.75) is 19.3 Å². The lowest BCUT2D eigenvalue weighted by molar-refractivity contribution is -0.143. The average Bonchev–Trinajstić information content (AvgIpc) is 2.53. The number of methoxy groups -OCH3 is 1. The Labute approximate surface area is 142 Å². The summed E-state index contributed by atoms with van der Waals surface area (Å²) in [4.78, 5) is 25.0. The fourth-order valence-electron chi connectivity index (χ4n) is 2.64. The molecule has 6 nitrogen and oxygen atoms in total. The Bertz CT molecular complexity index is 539. The van der Waals surface area contributed by atoms with Crippen LogP contribution in [0.25, 0.3) is 0 Å². The first-order valence-electron chi connectivity index (χ1n) is 7.47. The Kier molecular flexibility index (Phi) is 7.85. The summed E-state index contributed by atoms with van der Waals surface area (Å²) in [6, 6.07) is 7.20. The highest BCUT2D eigenvalue weighted by atomic mass is 35.5. The van der Waals surface area contributed by atoms with Gasteiger partial charge in [0.25, 0.3) is 0 Å². The summed E-state index contributed by atoms with van der Waals surface area (Å²) in [6.45, 7) is 1.97. The van der Waals surface area contributed by atoms with Crippen LogP contribution in [0.4, 0.5) is 5.69 Å². The zero-order valence-electron chi connectivity index (χ0n) is 13.2. The molecule has 1 heterocycles. The molecule has 0 aromatic heterocycles. The number of piperidine rings is 1. The third-order valence-corrected chi connectivity index (χ3v) is 3.86. The molecular weight excluding hydrogens is 320 g/mol. The minimum Gasteiger partial charge on any atom is -0.497 e. The number of aliphatic carboxylic acids is 1. The molecule has 2 N–H and O–H groups in total. The lowest BCUT2D eigenvalue weighted by Gasteiger charge is -2.30. The minimum absolute atomic E-state index is 0. The van der Waals surface area contributed by atoms with E-state index in [1.54, 1.807) is 13.2 Å². The van der Waals surface area contributed by atoms with Crippen molar-refractivity contribution in [2.75, 3.05) is 32.1 Å². The quantitative estimate of drug-likeness (QED) is 0.829. The van der Waals surface area contributed by atoms with Crippen LogP contribution in [0.3, 0.4) is 0 Å². The first-order valence-corrected chi connectivity index (χ1v) is 7.47. The summed E-state index contributed by atoms with van der Waals surface area (Å²) >= 11 is 0. The third kappa shape index (κ3) is 6.08. The summed E-state index contributed by atoms with van der Waals surface area (Å²) in [7, 11) is 1.58. The average molecular weight is 343 g/mol. The number of nitrogens with zero attached hydrogens (tertiary/aromatic N) is 1. The number of carboxylic acids is 1. The number of likely N-dealkylation sites (tertiary alicyclic amines) is 1. The number of anilines is 1. The minimum atomic E-state index is -0.745. The van der Waals surface area contributed by atoms with Crippen LogP contribution in [-0.2, 0) is 9.59 Å². The number of ether oxygens (including phenoxy) is 1. The molecule has 1 atom stereocenters. The van der Waals surface area contributed by atoms with Gasteiger partial charge in [0, 0.05) is 31.3 Å². The number of benzene rings is 1. The Morgan fingerprint density at radius 2 is 2.22 bits per heavy atom. The molecule has 1 aliphatic heterocycles. The molecule has 0 radical (unpaired) electrons. The van der Waals surface area contributed by atoms with Gasteiger partial charge in [0.05, 0.1) is 13.0 Å². The second kappa shape index (κ2) is 9.37. The van der Waals surface area contributed by atoms with Crippen LogP contribution in [0.2, 0.25) is 0 Å². The lowest BCUT2D eigenvalue weighted by Crippen LogP contribution is -2.40. The molecule has 0 bridgehead atoms. The van der Waals surface area contributed by atoms with Crippen LogP contribution >= 0.6 is 12.4 Å². The van der Waals surface area contributed by atoms with Crippen LogP contribution in [0.1, 0.15) is 19.3 Å². The largest absolute Gasteiger partial charge is 0.497 e. The zero-order valence-corrected chi connectivity index (χ0v) is 14.0. The van der Waals surface area contributed by atoms with E-state index in [1.807, 2.05) is 23.1 Å². The molecule has 0 saturated carbocycles. The molecule has 1 aliphatic rings. The van der Waals surface area contributed by atoms with Crippen molar-refractivity contribution in [1.29, 1.82) is 0 Å². The molecular formula is C16H23ClN2O4. The molecule has 128 valence electrons. The predicted octanol–water partition coefficient (Wildman–Crippen LogP) is 2.24. The highest BCUT2D eigenvalue weighted by molar-refractivity contribution is 5.91. The van der Waals surface area contributed by atoms with Crippen molar-refractivity contribution in [3.63, 3.8) is 0 Å². The Hall–Kier alpha value is -1.79. The number of halogens is 1. The van der Waals surface area contributed by atoms with Crippen LogP contribution in [0.5, 0.6) is 5.75 Å². The molecule has 1 saturated heterocycles. The van der Waals surface area contributed by atoms with Crippen molar-refractivity contribution in [3.05, 3.63) is 24.3 Å². The Morgan fingerprint density at radius 3 is 2.91 bits per heavy atom. The first kappa shape index (κ1) is 19.3. The second-order valence-electron chi connectivity index (χ2n) is 5.51. The summed E-state index contributed by atoms with van der Waals surface area (Å²) in [5.74, 6) is -0.440. The maximum absolute atomic E-state index is 12.0. The molecule has 23 heavy (non-hydrogen) atoms. The van der Waals surface area contributed by atoms with E-state index < -0.39 is 5.97 Å². The molecule has 0 aliphatic carbocycles. The number of carbonyl (C=O) groups excluding carboxylic acids is 1. The normalized spacial score (nSPS) is 17.9. The molecule has 1 unspecified atom stereocenters. The summed E-state index contributed by atoms with van der Waals surface area (Å²) in [5, 5.41) is 11.9. The summed E-state index contributed by atoms with van der Waals surface area (Å²) < 4.78 is 5.11. The maximum atomic E-state index is 12.0. The Morgan fingerprint density at radius 1 is 1.43 bits per heavy atom. The first-order chi connectivity index (χ1) is 10.6. The number of nitrogens with one attached hydrogen (secondary N) is 1. The van der Waals surface area contributed by atoms with Gasteiger partial charge in [-0.3, -0.25) is 9.59 Å². The Balaban J connectivity index is 0.00000264. The van der Waals surface area contributed by atoms with Gasteiger partial charge >= 0.3 is 5.97 Å². The van der Waals surface area contributed by atoms with Crippen molar-refractivity contribution >= 4 is 30.0 Å². The topological polar surface area (TPSA) is 78.9 Å². The highest BCUT2D eigenvalue weighted by Crippen LogP contribution is 2.18. The fourth-order valence-corrected chi connectivity index (χ4v) is 2.64. The van der Waals surface area contributed by atoms with Crippen molar-refractivity contribution in [2.24, 2.45) is 5.92 Å². The summed E-state index contributed by atoms with van der Waals surface area (Å²) in [6.07, 6.45) is 1.94. The van der Waals surface area contributed by atoms with E-state index in [2.05, 4.69) is 5.32 Å². The number of rotatable bonds is 6. The molecule has 1 amide bonds. The maximum Gasteiger partial charge on any atom is 0.307 e. The van der Waals surface area contributed by atoms with E-state index in [0.717, 1.165) is 19.4 Å². The van der Waals surface area contributed by atoms with Gasteiger partial charge in [0.2, 0.25) is 5.91 Å². The van der Waals surface area contributed by atoms with Crippen molar-refractivity contribution in [1.82, 2.24) is 4.90 Å². The molecule has 2 rings (SSSR count). The van der Waals surface area contributed by atoms with Crippen LogP contribution in [0, 0.1) is 5.92 Å². The molecule has 1 aromatic carbocycles. The van der Waals surface area contributed by atoms with E-state index in [9.17, 15) is 9.59 Å². The van der Waals surface area contributed by atoms with Gasteiger partial charge in [-0.05, 0) is 31.5 Å². The number of carboxylic acid groups (broad SMARTS) is 1. The number of hydrogen-bond acceptors (Lipinski definition) is 4. The smallest absolute Gasteiger partial charge is 0.307 e. The van der Waals surface area contributed by atoms with Crippen molar-refractivity contribution in [3.8, 4) is 5.75 Å². The lowest BCUT2D eigenvalue weighted by atomic mass is 9.98.